The third-order valence-electron chi connectivity index (χ3n) is 10.4. The van der Waals surface area contributed by atoms with Gasteiger partial charge in [0.1, 0.15) is 22.8 Å². The molecule has 0 unspecified atom stereocenters. The summed E-state index contributed by atoms with van der Waals surface area (Å²) >= 11 is 12.2. The fraction of sp³-hybridized carbons (Fsp3) is 0.447. The molecular weight excluding hydrogens is 1000 g/mol. The van der Waals surface area contributed by atoms with Crippen LogP contribution in [0.3, 0.4) is 0 Å². The first-order valence-corrected chi connectivity index (χ1v) is 23.3. The first-order chi connectivity index (χ1) is 30.5. The fourth-order valence-corrected chi connectivity index (χ4v) is 8.19. The number of nitrogens with zero attached hydrogens (tertiary/aromatic N) is 6. The number of hydrogen-bond acceptors (Lipinski definition) is 10. The molecule has 6 heterocycles. The number of rotatable bonds is 4. The monoisotopic (exact) mass is 1060 g/mol. The first-order valence-electron chi connectivity index (χ1n) is 21.3. The van der Waals surface area contributed by atoms with Crippen LogP contribution in [0.15, 0.2) is 58.0 Å². The topological polar surface area (TPSA) is 180 Å². The average Bonchev–Trinajstić information content (AvgIpc) is 3.82. The van der Waals surface area contributed by atoms with Crippen molar-refractivity contribution >= 4 is 83.4 Å². The Hall–Kier alpha value is -4.91. The lowest BCUT2D eigenvalue weighted by molar-refractivity contribution is 0.0193. The van der Waals surface area contributed by atoms with E-state index in [0.717, 1.165) is 82.0 Å². The number of piperidine rings is 2. The van der Waals surface area contributed by atoms with E-state index in [0.29, 0.717) is 40.2 Å². The molecule has 0 saturated carbocycles. The Morgan fingerprint density at radius 3 is 1.74 bits per heavy atom. The van der Waals surface area contributed by atoms with Crippen LogP contribution < -0.4 is 11.1 Å². The summed E-state index contributed by atoms with van der Waals surface area (Å²) in [5.74, 6) is -0.160. The standard InChI is InChI=1S/C23H27BrFN5O2.C13H8BrClFN3.C10H20N2O2.CH4/c1-13-10-27-21(28-14-6-5-7-30(12-14)22(31)32-23(2,3)4)29-20(13)16-11-26-19-9-17(24)18(25)8-15(16)19;1-6-4-18-13(15)19-12(6)8-5-17-11-3-9(14)10(16)2-7(8)11;1-10(2,3)14-9(13)12-6-4-5-8(11)7-12;/h8-11,14,26H,5-7,12H2,1-4H3,(H,27,28,29);2-5,17H,1H3;8H,4-7,11H2,1-3H3;1H4/t14-;;8-;/m0.0./s1. The summed E-state index contributed by atoms with van der Waals surface area (Å²) in [5, 5.41) is 5.06. The van der Waals surface area contributed by atoms with E-state index >= 15 is 0 Å². The number of nitrogens with one attached hydrogen (secondary N) is 3. The van der Waals surface area contributed by atoms with Gasteiger partial charge in [-0.25, -0.2) is 38.3 Å². The summed E-state index contributed by atoms with van der Waals surface area (Å²) < 4.78 is 39.4. The van der Waals surface area contributed by atoms with Crippen molar-refractivity contribution in [3.05, 3.63) is 86.0 Å². The van der Waals surface area contributed by atoms with Crippen LogP contribution in [0.1, 0.15) is 85.8 Å². The Balaban J connectivity index is 0.000000204. The maximum Gasteiger partial charge on any atom is 0.410 e. The molecule has 6 aromatic rings. The molecule has 66 heavy (non-hydrogen) atoms. The number of nitrogens with two attached hydrogens (primary N) is 1. The zero-order chi connectivity index (χ0) is 47.4. The highest BCUT2D eigenvalue weighted by molar-refractivity contribution is 9.10. The van der Waals surface area contributed by atoms with Gasteiger partial charge in [0.25, 0.3) is 0 Å². The highest BCUT2D eigenvalue weighted by atomic mass is 79.9. The van der Waals surface area contributed by atoms with Crippen LogP contribution in [0.4, 0.5) is 24.3 Å². The number of ether oxygens (including phenoxy) is 2. The molecule has 0 radical (unpaired) electrons. The summed E-state index contributed by atoms with van der Waals surface area (Å²) in [4.78, 5) is 51.1. The van der Waals surface area contributed by atoms with Crippen molar-refractivity contribution in [2.45, 2.75) is 112 Å². The maximum atomic E-state index is 14.2. The van der Waals surface area contributed by atoms with E-state index in [2.05, 4.69) is 62.1 Å². The van der Waals surface area contributed by atoms with E-state index in [1.54, 1.807) is 40.5 Å². The minimum atomic E-state index is -0.527. The Kier molecular flexibility index (Phi) is 17.2. The Morgan fingerprint density at radius 2 is 1.24 bits per heavy atom. The summed E-state index contributed by atoms with van der Waals surface area (Å²) in [6.45, 7) is 17.6. The highest BCUT2D eigenvalue weighted by Crippen LogP contribution is 2.34. The minimum Gasteiger partial charge on any atom is -0.444 e. The number of benzene rings is 2. The first kappa shape index (κ1) is 52.1. The van der Waals surface area contributed by atoms with E-state index in [1.165, 1.54) is 12.1 Å². The maximum absolute atomic E-state index is 14.2. The molecule has 0 spiro atoms. The molecule has 2 aliphatic rings. The second kappa shape index (κ2) is 21.8. The van der Waals surface area contributed by atoms with Crippen LogP contribution in [-0.4, -0.2) is 101 Å². The van der Waals surface area contributed by atoms with E-state index in [1.807, 2.05) is 61.6 Å². The van der Waals surface area contributed by atoms with Crippen LogP contribution >= 0.6 is 43.5 Å². The summed E-state index contributed by atoms with van der Waals surface area (Å²) in [7, 11) is 0. The number of H-pyrrole nitrogens is 2. The molecule has 5 N–H and O–H groups in total. The molecule has 2 amide bonds. The number of halogens is 5. The number of aromatic nitrogens is 6. The molecule has 2 saturated heterocycles. The Labute approximate surface area is 406 Å². The largest absolute Gasteiger partial charge is 0.444 e. The van der Waals surface area contributed by atoms with Crippen molar-refractivity contribution in [2.24, 2.45) is 5.73 Å². The number of aryl methyl sites for hydroxylation is 2. The van der Waals surface area contributed by atoms with Crippen molar-refractivity contribution in [3.63, 3.8) is 0 Å². The molecule has 356 valence electrons. The average molecular weight is 1060 g/mol. The van der Waals surface area contributed by atoms with Gasteiger partial charge in [0.05, 0.1) is 20.3 Å². The number of anilines is 1. The number of carbonyl (C=O) groups is 2. The van der Waals surface area contributed by atoms with Gasteiger partial charge in [-0.1, -0.05) is 7.43 Å². The second-order valence-electron chi connectivity index (χ2n) is 18.2. The predicted octanol–water partition coefficient (Wildman–Crippen LogP) is 12.1. The fourth-order valence-electron chi connectivity index (χ4n) is 7.37. The third-order valence-corrected chi connectivity index (χ3v) is 11.8. The molecule has 2 aliphatic heterocycles. The molecule has 19 heteroatoms. The molecule has 2 aromatic carbocycles. The van der Waals surface area contributed by atoms with Gasteiger partial charge in [-0.15, -0.1) is 0 Å². The molecule has 0 bridgehead atoms. The van der Waals surface area contributed by atoms with Crippen molar-refractivity contribution in [3.8, 4) is 22.5 Å². The zero-order valence-corrected chi connectivity index (χ0v) is 41.6. The van der Waals surface area contributed by atoms with Gasteiger partial charge < -0.3 is 40.3 Å². The Morgan fingerprint density at radius 1 is 0.773 bits per heavy atom. The summed E-state index contributed by atoms with van der Waals surface area (Å²) in [6.07, 6.45) is 10.2. The molecule has 2 atom stereocenters. The number of aromatic amines is 2. The minimum absolute atomic E-state index is 0. The van der Waals surface area contributed by atoms with Crippen LogP contribution in [-0.2, 0) is 9.47 Å². The number of hydrogen-bond donors (Lipinski definition) is 4. The number of amides is 2. The molecular formula is C47H59Br2ClF2N10O4. The lowest BCUT2D eigenvalue weighted by Gasteiger charge is -2.34. The summed E-state index contributed by atoms with van der Waals surface area (Å²) in [5.41, 5.74) is 11.3. The van der Waals surface area contributed by atoms with Crippen molar-refractivity contribution in [1.82, 2.24) is 39.7 Å². The van der Waals surface area contributed by atoms with Crippen LogP contribution in [0.25, 0.3) is 44.3 Å². The van der Waals surface area contributed by atoms with Crippen LogP contribution in [0.2, 0.25) is 5.28 Å². The normalized spacial score (nSPS) is 16.4. The zero-order valence-electron chi connectivity index (χ0n) is 37.7. The third kappa shape index (κ3) is 13.6. The number of likely N-dealkylation sites (tertiary alicyclic amines) is 2. The van der Waals surface area contributed by atoms with Gasteiger partial charge in [0, 0.05) is 96.0 Å². The van der Waals surface area contributed by atoms with E-state index in [-0.39, 0.29) is 48.6 Å². The molecule has 4 aromatic heterocycles. The van der Waals surface area contributed by atoms with E-state index in [4.69, 9.17) is 31.8 Å². The molecule has 2 fully saturated rings. The van der Waals surface area contributed by atoms with Crippen LogP contribution in [0, 0.1) is 25.5 Å². The quantitative estimate of drug-likeness (QED) is 0.124. The van der Waals surface area contributed by atoms with Gasteiger partial charge in [0.15, 0.2) is 0 Å². The highest BCUT2D eigenvalue weighted by Gasteiger charge is 2.29. The van der Waals surface area contributed by atoms with Gasteiger partial charge in [-0.05, 0) is 160 Å². The van der Waals surface area contributed by atoms with E-state index < -0.39 is 11.2 Å². The van der Waals surface area contributed by atoms with Gasteiger partial charge >= 0.3 is 12.2 Å². The Bertz CT molecular complexity index is 2670. The molecule has 14 nitrogen and oxygen atoms in total. The van der Waals surface area contributed by atoms with Crippen molar-refractivity contribution < 1.29 is 27.8 Å². The molecule has 0 aliphatic carbocycles. The second-order valence-corrected chi connectivity index (χ2v) is 20.2. The SMILES string of the molecule is C.CC(C)(C)OC(=O)N1CCC[C@H](N)C1.Cc1cnc(Cl)nc1-c1c[nH]c2cc(Br)c(F)cc12.Cc1cnc(N[C@H]2CCCN(C(=O)OC(C)(C)C)C2)nc1-c1c[nH]c2cc(Br)c(F)cc12. The predicted molar refractivity (Wildman–Crippen MR) is 265 cm³/mol. The van der Waals surface area contributed by atoms with Gasteiger partial charge in [0.2, 0.25) is 11.2 Å². The molecule has 8 rings (SSSR count). The number of fused-ring (bicyclic) bond motifs is 2. The van der Waals surface area contributed by atoms with Crippen molar-refractivity contribution in [1.29, 1.82) is 0 Å². The van der Waals surface area contributed by atoms with Crippen molar-refractivity contribution in [2.75, 3.05) is 31.5 Å². The van der Waals surface area contributed by atoms with E-state index in [9.17, 15) is 18.4 Å². The summed E-state index contributed by atoms with van der Waals surface area (Å²) in [6, 6.07) is 6.52. The van der Waals surface area contributed by atoms with Gasteiger partial charge in [-0.3, -0.25) is 0 Å². The smallest absolute Gasteiger partial charge is 0.410 e. The van der Waals surface area contributed by atoms with Gasteiger partial charge in [-0.2, -0.15) is 0 Å². The van der Waals surface area contributed by atoms with Crippen LogP contribution in [0.5, 0.6) is 0 Å². The lowest BCUT2D eigenvalue weighted by atomic mass is 10.1. The number of carbonyl (C=O) groups excluding carboxylic acids is 2. The lowest BCUT2D eigenvalue weighted by Crippen LogP contribution is -2.47.